The second-order valence-corrected chi connectivity index (χ2v) is 7.79. The van der Waals surface area contributed by atoms with Crippen molar-refractivity contribution < 1.29 is 18.0 Å². The lowest BCUT2D eigenvalue weighted by Gasteiger charge is -2.32. The Hall–Kier alpha value is -2.41. The molecule has 2 aromatic rings. The lowest BCUT2D eigenvalue weighted by Crippen LogP contribution is -2.53. The van der Waals surface area contributed by atoms with Crippen LogP contribution < -0.4 is 16.4 Å². The van der Waals surface area contributed by atoms with Crippen LogP contribution in [-0.2, 0) is 22.9 Å². The Morgan fingerprint density at radius 3 is 2.79 bits per heavy atom. The average molecular weight is 408 g/mol. The molecule has 0 spiro atoms. The van der Waals surface area contributed by atoms with E-state index in [4.69, 9.17) is 5.73 Å². The first-order chi connectivity index (χ1) is 13.2. The minimum Gasteiger partial charge on any atom is -0.344 e. The van der Waals surface area contributed by atoms with Crippen molar-refractivity contribution in [1.82, 2.24) is 10.6 Å². The van der Waals surface area contributed by atoms with Crippen molar-refractivity contribution in [3.63, 3.8) is 0 Å². The maximum atomic E-state index is 13.0. The number of nitriles is 1. The molecule has 0 radical (unpaired) electrons. The van der Waals surface area contributed by atoms with Crippen molar-refractivity contribution in [2.45, 2.75) is 30.6 Å². The molecule has 1 saturated heterocycles. The third-order valence-corrected chi connectivity index (χ3v) is 5.74. The van der Waals surface area contributed by atoms with Crippen LogP contribution in [0.5, 0.6) is 0 Å². The van der Waals surface area contributed by atoms with E-state index in [1.165, 1.54) is 17.4 Å². The molecule has 2 atom stereocenters. The number of rotatable bonds is 5. The number of nitrogens with zero attached hydrogens (tertiary/aromatic N) is 1. The Labute approximate surface area is 164 Å². The van der Waals surface area contributed by atoms with Gasteiger partial charge in [-0.2, -0.15) is 18.4 Å². The van der Waals surface area contributed by atoms with Crippen molar-refractivity contribution in [3.8, 4) is 6.07 Å². The largest absolute Gasteiger partial charge is 0.416 e. The molecule has 148 valence electrons. The fourth-order valence-electron chi connectivity index (χ4n) is 3.39. The fourth-order valence-corrected chi connectivity index (χ4v) is 4.16. The summed E-state index contributed by atoms with van der Waals surface area (Å²) in [6.45, 7) is 0.872. The number of alkyl halides is 3. The van der Waals surface area contributed by atoms with E-state index in [1.807, 2.05) is 23.6 Å². The number of nitrogens with one attached hydrogen (secondary N) is 2. The van der Waals surface area contributed by atoms with Crippen molar-refractivity contribution >= 4 is 17.2 Å². The Bertz CT molecular complexity index is 884. The second kappa shape index (κ2) is 7.91. The summed E-state index contributed by atoms with van der Waals surface area (Å²) in [6, 6.07) is 7.84. The van der Waals surface area contributed by atoms with E-state index in [0.29, 0.717) is 31.5 Å². The number of halogens is 3. The normalized spacial score (nSPS) is 20.5. The minimum absolute atomic E-state index is 0.106. The zero-order valence-electron chi connectivity index (χ0n) is 14.8. The molecule has 1 fully saturated rings. The van der Waals surface area contributed by atoms with E-state index < -0.39 is 29.2 Å². The summed E-state index contributed by atoms with van der Waals surface area (Å²) in [5.41, 5.74) is 4.43. The first-order valence-electron chi connectivity index (χ1n) is 8.68. The number of thiophene rings is 1. The van der Waals surface area contributed by atoms with Crippen LogP contribution in [0.25, 0.3) is 0 Å². The molecule has 1 aromatic carbocycles. The fraction of sp³-hybridized carbons (Fsp3) is 0.368. The van der Waals surface area contributed by atoms with Gasteiger partial charge in [-0.25, -0.2) is 0 Å². The highest BCUT2D eigenvalue weighted by Crippen LogP contribution is 2.35. The van der Waals surface area contributed by atoms with Gasteiger partial charge in [0.2, 0.25) is 5.91 Å². The van der Waals surface area contributed by atoms with Gasteiger partial charge in [0, 0.05) is 17.8 Å². The quantitative estimate of drug-likeness (QED) is 0.709. The van der Waals surface area contributed by atoms with Gasteiger partial charge >= 0.3 is 6.18 Å². The first-order valence-corrected chi connectivity index (χ1v) is 9.56. The van der Waals surface area contributed by atoms with Gasteiger partial charge in [0.15, 0.2) is 0 Å². The lowest BCUT2D eigenvalue weighted by molar-refractivity contribution is -0.137. The molecule has 0 saturated carbocycles. The molecule has 9 heteroatoms. The van der Waals surface area contributed by atoms with Crippen LogP contribution in [0.2, 0.25) is 0 Å². The number of hydrogen-bond donors (Lipinski definition) is 3. The number of benzene rings is 1. The van der Waals surface area contributed by atoms with Gasteiger partial charge in [-0.3, -0.25) is 4.79 Å². The number of hydrogen-bond acceptors (Lipinski definition) is 5. The molecule has 0 bridgehead atoms. The van der Waals surface area contributed by atoms with Crippen molar-refractivity contribution in [2.75, 3.05) is 13.1 Å². The third-order valence-electron chi connectivity index (χ3n) is 4.84. The molecule has 0 aliphatic carbocycles. The Balaban J connectivity index is 1.88. The van der Waals surface area contributed by atoms with E-state index in [9.17, 15) is 23.2 Å². The smallest absolute Gasteiger partial charge is 0.344 e. The molecule has 0 unspecified atom stereocenters. The number of nitrogens with two attached hydrogens (primary N) is 1. The standard InChI is InChI=1S/C19H19F3N4OS/c20-19(21,22)13-3-4-15(12(8-13)10-23)18(5-6-25-11-18)26-17(27)16(24)9-14-2-1-7-28-14/h1-4,7-8,16,25H,5-6,9,11,24H2,(H,26,27)/t16-,18+/m0/s1. The molecule has 1 aromatic heterocycles. The SMILES string of the molecule is N#Cc1cc(C(F)(F)F)ccc1[C@@]1(NC(=O)[C@@H](N)Cc2cccs2)CCNC1. The van der Waals surface area contributed by atoms with Crippen LogP contribution in [0.15, 0.2) is 35.7 Å². The Morgan fingerprint density at radius 1 is 1.43 bits per heavy atom. The number of carbonyl (C=O) groups excluding carboxylic acids is 1. The van der Waals surface area contributed by atoms with Crippen molar-refractivity contribution in [3.05, 3.63) is 57.3 Å². The van der Waals surface area contributed by atoms with Gasteiger partial charge in [-0.05, 0) is 42.1 Å². The summed E-state index contributed by atoms with van der Waals surface area (Å²) in [4.78, 5) is 13.7. The summed E-state index contributed by atoms with van der Waals surface area (Å²) >= 11 is 1.49. The Morgan fingerprint density at radius 2 is 2.21 bits per heavy atom. The second-order valence-electron chi connectivity index (χ2n) is 6.76. The van der Waals surface area contributed by atoms with Crippen LogP contribution in [0.1, 0.15) is 28.0 Å². The molecule has 1 aliphatic rings. The zero-order chi connectivity index (χ0) is 20.4. The number of carbonyl (C=O) groups is 1. The Kier molecular flexibility index (Phi) is 5.74. The highest BCUT2D eigenvalue weighted by molar-refractivity contribution is 7.09. The van der Waals surface area contributed by atoms with E-state index in [2.05, 4.69) is 10.6 Å². The van der Waals surface area contributed by atoms with Crippen LogP contribution in [0.4, 0.5) is 13.2 Å². The molecule has 1 amide bonds. The highest BCUT2D eigenvalue weighted by atomic mass is 32.1. The molecule has 28 heavy (non-hydrogen) atoms. The molecule has 4 N–H and O–H groups in total. The van der Waals surface area contributed by atoms with E-state index >= 15 is 0 Å². The molecule has 1 aliphatic heterocycles. The topological polar surface area (TPSA) is 90.9 Å². The maximum Gasteiger partial charge on any atom is 0.416 e. The van der Waals surface area contributed by atoms with Gasteiger partial charge in [-0.1, -0.05) is 12.1 Å². The monoisotopic (exact) mass is 408 g/mol. The van der Waals surface area contributed by atoms with E-state index in [1.54, 1.807) is 0 Å². The van der Waals surface area contributed by atoms with Gasteiger partial charge in [0.05, 0.1) is 28.8 Å². The minimum atomic E-state index is -4.54. The summed E-state index contributed by atoms with van der Waals surface area (Å²) in [5.74, 6) is -0.402. The maximum absolute atomic E-state index is 13.0. The summed E-state index contributed by atoms with van der Waals surface area (Å²) in [5, 5.41) is 17.3. The van der Waals surface area contributed by atoms with Crippen LogP contribution in [0.3, 0.4) is 0 Å². The summed E-state index contributed by atoms with van der Waals surface area (Å²) in [6.07, 6.45) is -3.73. The predicted octanol–water partition coefficient (Wildman–Crippen LogP) is 2.51. The third kappa shape index (κ3) is 4.19. The van der Waals surface area contributed by atoms with Crippen molar-refractivity contribution in [1.29, 1.82) is 5.26 Å². The predicted molar refractivity (Wildman–Crippen MR) is 99.5 cm³/mol. The molecule has 2 heterocycles. The van der Waals surface area contributed by atoms with Crippen LogP contribution in [-0.4, -0.2) is 25.0 Å². The zero-order valence-corrected chi connectivity index (χ0v) is 15.7. The summed E-state index contributed by atoms with van der Waals surface area (Å²) in [7, 11) is 0. The molecule has 3 rings (SSSR count). The van der Waals surface area contributed by atoms with Crippen molar-refractivity contribution in [2.24, 2.45) is 5.73 Å². The van der Waals surface area contributed by atoms with E-state index in [0.717, 1.165) is 17.0 Å². The number of amides is 1. The average Bonchev–Trinajstić information content (AvgIpc) is 3.33. The van der Waals surface area contributed by atoms with Crippen LogP contribution >= 0.6 is 11.3 Å². The highest BCUT2D eigenvalue weighted by Gasteiger charge is 2.41. The van der Waals surface area contributed by atoms with Crippen LogP contribution in [0, 0.1) is 11.3 Å². The molecule has 5 nitrogen and oxygen atoms in total. The van der Waals surface area contributed by atoms with Gasteiger partial charge in [0.1, 0.15) is 0 Å². The van der Waals surface area contributed by atoms with Gasteiger partial charge in [0.25, 0.3) is 0 Å². The van der Waals surface area contributed by atoms with Gasteiger partial charge in [-0.15, -0.1) is 11.3 Å². The molecular weight excluding hydrogens is 389 g/mol. The van der Waals surface area contributed by atoms with Gasteiger partial charge < -0.3 is 16.4 Å². The van der Waals surface area contributed by atoms with E-state index in [-0.39, 0.29) is 5.56 Å². The molecular formula is C19H19F3N4OS. The summed E-state index contributed by atoms with van der Waals surface area (Å²) < 4.78 is 39.0. The lowest BCUT2D eigenvalue weighted by atomic mass is 9.84. The first kappa shape index (κ1) is 20.3.